The Labute approximate surface area is 151 Å². The van der Waals surface area contributed by atoms with Gasteiger partial charge in [0.2, 0.25) is 0 Å². The van der Waals surface area contributed by atoms with Gasteiger partial charge >= 0.3 is 0 Å². The van der Waals surface area contributed by atoms with Crippen LogP contribution in [0.15, 0.2) is 52.4 Å². The van der Waals surface area contributed by atoms with Gasteiger partial charge in [-0.1, -0.05) is 23.8 Å². The minimum absolute atomic E-state index is 1.16. The lowest BCUT2D eigenvalue weighted by Gasteiger charge is -2.20. The van der Waals surface area contributed by atoms with Crippen molar-refractivity contribution < 1.29 is 0 Å². The van der Waals surface area contributed by atoms with Gasteiger partial charge in [0.15, 0.2) is 0 Å². The van der Waals surface area contributed by atoms with Crippen LogP contribution in [0.1, 0.15) is 16.7 Å². The highest BCUT2D eigenvalue weighted by atomic mass is 32.2. The Kier molecular flexibility index (Phi) is 4.19. The number of benzene rings is 2. The highest BCUT2D eigenvalue weighted by Gasteiger charge is 2.19. The number of hydrogen-bond acceptors (Lipinski definition) is 3. The maximum Gasteiger partial charge on any atom is 0.0800 e. The Bertz CT molecular complexity index is 889. The summed E-state index contributed by atoms with van der Waals surface area (Å²) in [7, 11) is 0. The van der Waals surface area contributed by atoms with Gasteiger partial charge in [-0.3, -0.25) is 0 Å². The van der Waals surface area contributed by atoms with Crippen LogP contribution in [0.25, 0.3) is 16.9 Å². The van der Waals surface area contributed by atoms with Gasteiger partial charge in [0.25, 0.3) is 0 Å². The molecule has 4 heteroatoms. The summed E-state index contributed by atoms with van der Waals surface area (Å²) in [5, 5.41) is 4.67. The predicted molar refractivity (Wildman–Crippen MR) is 105 cm³/mol. The molecule has 122 valence electrons. The highest BCUT2D eigenvalue weighted by Crippen LogP contribution is 2.41. The Morgan fingerprint density at radius 1 is 0.958 bits per heavy atom. The van der Waals surface area contributed by atoms with Crippen LogP contribution in [0.3, 0.4) is 0 Å². The fourth-order valence-electron chi connectivity index (χ4n) is 3.49. The molecule has 1 aliphatic rings. The SMILES string of the molecule is Cc1cc(C)c(-c2ccnn2-c2cccc3c2SCCS3)c(C)c1. The monoisotopic (exact) mass is 352 g/mol. The van der Waals surface area contributed by atoms with Crippen LogP contribution < -0.4 is 0 Å². The summed E-state index contributed by atoms with van der Waals surface area (Å²) in [6.07, 6.45) is 1.91. The van der Waals surface area contributed by atoms with Gasteiger partial charge in [-0.15, -0.1) is 23.5 Å². The second-order valence-electron chi connectivity index (χ2n) is 6.20. The minimum atomic E-state index is 1.16. The molecule has 24 heavy (non-hydrogen) atoms. The summed E-state index contributed by atoms with van der Waals surface area (Å²) in [4.78, 5) is 2.74. The van der Waals surface area contributed by atoms with E-state index in [4.69, 9.17) is 0 Å². The van der Waals surface area contributed by atoms with Crippen molar-refractivity contribution in [3.8, 4) is 16.9 Å². The number of fused-ring (bicyclic) bond motifs is 1. The summed E-state index contributed by atoms with van der Waals surface area (Å²) in [6, 6.07) is 13.2. The second kappa shape index (κ2) is 6.34. The number of aromatic nitrogens is 2. The van der Waals surface area contributed by atoms with E-state index >= 15 is 0 Å². The summed E-state index contributed by atoms with van der Waals surface area (Å²) < 4.78 is 2.11. The van der Waals surface area contributed by atoms with Crippen LogP contribution in [0.5, 0.6) is 0 Å². The smallest absolute Gasteiger partial charge is 0.0800 e. The molecule has 0 aliphatic carbocycles. The van der Waals surface area contributed by atoms with Crippen LogP contribution in [0.2, 0.25) is 0 Å². The fraction of sp³-hybridized carbons (Fsp3) is 0.250. The third-order valence-electron chi connectivity index (χ3n) is 4.35. The molecule has 0 radical (unpaired) electrons. The van der Waals surface area contributed by atoms with Gasteiger partial charge in [0.1, 0.15) is 0 Å². The van der Waals surface area contributed by atoms with E-state index in [0.717, 1.165) is 5.75 Å². The quantitative estimate of drug-likeness (QED) is 0.592. The van der Waals surface area contributed by atoms with Crippen LogP contribution in [0, 0.1) is 20.8 Å². The van der Waals surface area contributed by atoms with Crippen LogP contribution in [0.4, 0.5) is 0 Å². The molecule has 2 heterocycles. The zero-order valence-electron chi connectivity index (χ0n) is 14.2. The van der Waals surface area contributed by atoms with Crippen molar-refractivity contribution in [1.29, 1.82) is 0 Å². The normalized spacial score (nSPS) is 13.8. The van der Waals surface area contributed by atoms with Gasteiger partial charge < -0.3 is 0 Å². The fourth-order valence-corrected chi connectivity index (χ4v) is 5.86. The zero-order valence-corrected chi connectivity index (χ0v) is 15.8. The minimum Gasteiger partial charge on any atom is -0.232 e. The standard InChI is InChI=1S/C20H20N2S2/c1-13-11-14(2)19(15(3)12-13)16-7-8-21-22(16)17-5-4-6-18-20(17)24-10-9-23-18/h4-8,11-12H,9-10H2,1-3H3. The summed E-state index contributed by atoms with van der Waals surface area (Å²) in [6.45, 7) is 6.54. The lowest BCUT2D eigenvalue weighted by Crippen LogP contribution is -2.05. The third kappa shape index (κ3) is 2.68. The van der Waals surface area contributed by atoms with Crippen molar-refractivity contribution >= 4 is 23.5 Å². The largest absolute Gasteiger partial charge is 0.232 e. The zero-order chi connectivity index (χ0) is 16.7. The number of nitrogens with zero attached hydrogens (tertiary/aromatic N) is 2. The summed E-state index contributed by atoms with van der Waals surface area (Å²) >= 11 is 3.89. The maximum absolute atomic E-state index is 4.67. The second-order valence-corrected chi connectivity index (χ2v) is 8.45. The molecular weight excluding hydrogens is 332 g/mol. The van der Waals surface area contributed by atoms with Crippen molar-refractivity contribution in [2.24, 2.45) is 0 Å². The number of hydrogen-bond donors (Lipinski definition) is 0. The van der Waals surface area contributed by atoms with E-state index in [0.29, 0.717) is 0 Å². The Morgan fingerprint density at radius 3 is 2.50 bits per heavy atom. The molecule has 0 saturated carbocycles. The van der Waals surface area contributed by atoms with E-state index in [1.165, 1.54) is 49.2 Å². The molecule has 0 atom stereocenters. The lowest BCUT2D eigenvalue weighted by atomic mass is 9.97. The van der Waals surface area contributed by atoms with Crippen molar-refractivity contribution in [3.63, 3.8) is 0 Å². The molecule has 0 saturated heterocycles. The third-order valence-corrected chi connectivity index (χ3v) is 6.92. The van der Waals surface area contributed by atoms with E-state index < -0.39 is 0 Å². The van der Waals surface area contributed by atoms with Crippen LogP contribution in [-0.2, 0) is 0 Å². The number of thioether (sulfide) groups is 2. The number of rotatable bonds is 2. The Hall–Kier alpha value is -1.65. The van der Waals surface area contributed by atoms with Crippen molar-refractivity contribution in [2.45, 2.75) is 30.6 Å². The molecule has 0 amide bonds. The van der Waals surface area contributed by atoms with Gasteiger partial charge in [0, 0.05) is 26.9 Å². The molecule has 0 fully saturated rings. The number of aryl methyl sites for hydroxylation is 3. The maximum atomic E-state index is 4.67. The van der Waals surface area contributed by atoms with Gasteiger partial charge in [-0.25, -0.2) is 4.68 Å². The molecule has 0 unspecified atom stereocenters. The first-order valence-electron chi connectivity index (χ1n) is 8.16. The molecule has 2 nitrogen and oxygen atoms in total. The van der Waals surface area contributed by atoms with E-state index in [1.54, 1.807) is 0 Å². The van der Waals surface area contributed by atoms with Gasteiger partial charge in [-0.05, 0) is 50.1 Å². The molecule has 0 N–H and O–H groups in total. The predicted octanol–water partition coefficient (Wildman–Crippen LogP) is 5.66. The Morgan fingerprint density at radius 2 is 1.71 bits per heavy atom. The summed E-state index contributed by atoms with van der Waals surface area (Å²) in [5.74, 6) is 2.34. The topological polar surface area (TPSA) is 17.8 Å². The van der Waals surface area contributed by atoms with Gasteiger partial charge in [-0.2, -0.15) is 5.10 Å². The van der Waals surface area contributed by atoms with Crippen molar-refractivity contribution in [2.75, 3.05) is 11.5 Å². The Balaban J connectivity index is 1.92. The van der Waals surface area contributed by atoms with E-state index in [1.807, 2.05) is 29.7 Å². The molecule has 4 rings (SSSR count). The molecule has 0 bridgehead atoms. The first kappa shape index (κ1) is 15.9. The molecule has 3 aromatic rings. The van der Waals surface area contributed by atoms with E-state index in [-0.39, 0.29) is 0 Å². The van der Waals surface area contributed by atoms with Crippen molar-refractivity contribution in [1.82, 2.24) is 9.78 Å². The van der Waals surface area contributed by atoms with Crippen molar-refractivity contribution in [3.05, 3.63) is 59.3 Å². The van der Waals surface area contributed by atoms with Crippen LogP contribution >= 0.6 is 23.5 Å². The molecule has 0 spiro atoms. The first-order valence-corrected chi connectivity index (χ1v) is 10.1. The van der Waals surface area contributed by atoms with E-state index in [9.17, 15) is 0 Å². The molecule has 2 aromatic carbocycles. The first-order chi connectivity index (χ1) is 11.6. The molecule has 1 aliphatic heterocycles. The summed E-state index contributed by atoms with van der Waals surface area (Å²) in [5.41, 5.74) is 7.59. The lowest BCUT2D eigenvalue weighted by molar-refractivity contribution is 0.857. The van der Waals surface area contributed by atoms with Gasteiger partial charge in [0.05, 0.1) is 17.6 Å². The average Bonchev–Trinajstić information content (AvgIpc) is 3.02. The van der Waals surface area contributed by atoms with Crippen LogP contribution in [-0.4, -0.2) is 21.3 Å². The van der Waals surface area contributed by atoms with E-state index in [2.05, 4.69) is 66.9 Å². The average molecular weight is 353 g/mol. The highest BCUT2D eigenvalue weighted by molar-refractivity contribution is 8.05. The molecular formula is C20H20N2S2. The molecule has 1 aromatic heterocycles.